The van der Waals surface area contributed by atoms with E-state index in [0.29, 0.717) is 23.5 Å². The number of hydrogen-bond acceptors (Lipinski definition) is 4. The van der Waals surface area contributed by atoms with Gasteiger partial charge in [-0.2, -0.15) is 8.42 Å². The van der Waals surface area contributed by atoms with E-state index in [9.17, 15) is 13.2 Å². The van der Waals surface area contributed by atoms with Crippen molar-refractivity contribution in [2.24, 2.45) is 4.40 Å². The summed E-state index contributed by atoms with van der Waals surface area (Å²) in [4.78, 5) is 19.4. The number of anilines is 1. The maximum absolute atomic E-state index is 12.9. The van der Waals surface area contributed by atoms with E-state index >= 15 is 0 Å². The number of aryl methyl sites for hydroxylation is 1. The first-order valence-corrected chi connectivity index (χ1v) is 12.8. The molecule has 1 aliphatic heterocycles. The number of para-hydroxylation sites is 1. The van der Waals surface area contributed by atoms with Crippen LogP contribution in [0.4, 0.5) is 5.69 Å². The van der Waals surface area contributed by atoms with Gasteiger partial charge in [0, 0.05) is 37.0 Å². The number of amidine groups is 1. The fourth-order valence-corrected chi connectivity index (χ4v) is 5.35. The number of aromatic nitrogens is 2. The molecule has 1 saturated heterocycles. The number of nitrogens with zero attached hydrogens (tertiary/aromatic N) is 4. The highest BCUT2D eigenvalue weighted by Gasteiger charge is 2.20. The summed E-state index contributed by atoms with van der Waals surface area (Å²) in [6.45, 7) is 2.73. The van der Waals surface area contributed by atoms with Crippen LogP contribution in [0.5, 0.6) is 0 Å². The number of carbonyl (C=O) groups is 1. The molecule has 1 amide bonds. The molecular weight excluding hydrogens is 462 g/mol. The number of hydrogen-bond donors (Lipinski definition) is 1. The number of fused-ring (bicyclic) bond motifs is 1. The lowest BCUT2D eigenvalue weighted by Crippen LogP contribution is -2.20. The molecule has 1 aliphatic rings. The Morgan fingerprint density at radius 2 is 1.77 bits per heavy atom. The summed E-state index contributed by atoms with van der Waals surface area (Å²) >= 11 is 0. The number of rotatable bonds is 5. The third-order valence-corrected chi connectivity index (χ3v) is 7.39. The molecule has 0 bridgehead atoms. The minimum absolute atomic E-state index is 0.0895. The summed E-state index contributed by atoms with van der Waals surface area (Å²) in [6, 6.07) is 21.4. The van der Waals surface area contributed by atoms with Crippen molar-refractivity contribution in [2.75, 3.05) is 18.9 Å². The molecule has 0 unspecified atom stereocenters. The van der Waals surface area contributed by atoms with Gasteiger partial charge in [-0.05, 0) is 67.9 Å². The van der Waals surface area contributed by atoms with E-state index < -0.39 is 10.0 Å². The van der Waals surface area contributed by atoms with E-state index in [1.54, 1.807) is 24.3 Å². The number of sulfonamides is 1. The minimum atomic E-state index is -3.80. The monoisotopic (exact) mass is 487 g/mol. The minimum Gasteiger partial charge on any atom is -0.362 e. The van der Waals surface area contributed by atoms with Gasteiger partial charge >= 0.3 is 0 Å². The summed E-state index contributed by atoms with van der Waals surface area (Å²) in [5.74, 6) is 1.10. The number of nitrogens with one attached hydrogen (secondary N) is 1. The quantitative estimate of drug-likeness (QED) is 0.450. The van der Waals surface area contributed by atoms with E-state index in [4.69, 9.17) is 0 Å². The van der Waals surface area contributed by atoms with Gasteiger partial charge in [-0.1, -0.05) is 18.2 Å². The van der Waals surface area contributed by atoms with Crippen LogP contribution in [-0.4, -0.2) is 48.2 Å². The number of amides is 1. The topological polar surface area (TPSA) is 96.7 Å². The van der Waals surface area contributed by atoms with Crippen LogP contribution in [0.25, 0.3) is 16.7 Å². The molecule has 0 radical (unpaired) electrons. The lowest BCUT2D eigenvalue weighted by molar-refractivity contribution is 0.102. The van der Waals surface area contributed by atoms with Crippen LogP contribution in [0.1, 0.15) is 29.0 Å². The molecule has 8 nitrogen and oxygen atoms in total. The summed E-state index contributed by atoms with van der Waals surface area (Å²) in [6.07, 6.45) is 1.55. The molecular formula is C26H25N5O3S. The molecule has 3 aromatic carbocycles. The van der Waals surface area contributed by atoms with E-state index in [1.165, 1.54) is 12.1 Å². The molecule has 9 heteroatoms. The standard InChI is InChI=1S/C26H25N5O3S/c1-18-27-23-17-19(10-15-24(23)31(18)21-7-4-3-5-8-21)26(32)28-20-11-13-22(14-12-20)35(33,34)29-25-9-6-16-30(25)2/h3-5,7-8,10-15,17H,6,9,16H2,1-2H3,(H,28,32). The Labute approximate surface area is 204 Å². The zero-order chi connectivity index (χ0) is 24.6. The van der Waals surface area contributed by atoms with Crippen LogP contribution in [0, 0.1) is 6.92 Å². The predicted octanol–water partition coefficient (Wildman–Crippen LogP) is 4.40. The molecule has 0 saturated carbocycles. The van der Waals surface area contributed by atoms with Crippen molar-refractivity contribution in [3.8, 4) is 5.69 Å². The lowest BCUT2D eigenvalue weighted by atomic mass is 10.1. The summed E-state index contributed by atoms with van der Waals surface area (Å²) in [7, 11) is -1.96. The number of imidazole rings is 1. The number of likely N-dealkylation sites (tertiary alicyclic amines) is 1. The van der Waals surface area contributed by atoms with E-state index in [1.807, 2.05) is 59.8 Å². The van der Waals surface area contributed by atoms with E-state index in [0.717, 1.165) is 35.5 Å². The van der Waals surface area contributed by atoms with Crippen molar-refractivity contribution >= 4 is 38.5 Å². The second kappa shape index (κ2) is 8.99. The zero-order valence-corrected chi connectivity index (χ0v) is 20.3. The molecule has 2 heterocycles. The molecule has 4 aromatic rings. The number of benzene rings is 3. The molecule has 1 N–H and O–H groups in total. The zero-order valence-electron chi connectivity index (χ0n) is 19.5. The van der Waals surface area contributed by atoms with Gasteiger partial charge in [-0.15, -0.1) is 4.40 Å². The highest BCUT2D eigenvalue weighted by atomic mass is 32.2. The second-order valence-corrected chi connectivity index (χ2v) is 10.1. The Hall–Kier alpha value is -3.98. The van der Waals surface area contributed by atoms with Gasteiger partial charge in [0.1, 0.15) is 11.7 Å². The summed E-state index contributed by atoms with van der Waals surface area (Å²) in [5.41, 5.74) is 3.59. The third kappa shape index (κ3) is 4.54. The molecule has 35 heavy (non-hydrogen) atoms. The van der Waals surface area contributed by atoms with Crippen LogP contribution >= 0.6 is 0 Å². The predicted molar refractivity (Wildman–Crippen MR) is 137 cm³/mol. The Morgan fingerprint density at radius 3 is 2.46 bits per heavy atom. The van der Waals surface area contributed by atoms with Gasteiger partial charge in [-0.25, -0.2) is 4.98 Å². The first-order chi connectivity index (χ1) is 16.8. The fraction of sp³-hybridized carbons (Fsp3) is 0.192. The van der Waals surface area contributed by atoms with Gasteiger partial charge in [-0.3, -0.25) is 9.36 Å². The highest BCUT2D eigenvalue weighted by molar-refractivity contribution is 7.90. The molecule has 0 atom stereocenters. The second-order valence-electron chi connectivity index (χ2n) is 8.52. The largest absolute Gasteiger partial charge is 0.362 e. The molecule has 0 spiro atoms. The smallest absolute Gasteiger partial charge is 0.283 e. The van der Waals surface area contributed by atoms with Gasteiger partial charge in [0.15, 0.2) is 0 Å². The maximum atomic E-state index is 12.9. The molecule has 1 aromatic heterocycles. The first-order valence-electron chi connectivity index (χ1n) is 11.3. The van der Waals surface area contributed by atoms with Crippen molar-refractivity contribution in [3.05, 3.63) is 84.2 Å². The average molecular weight is 488 g/mol. The summed E-state index contributed by atoms with van der Waals surface area (Å²) < 4.78 is 31.3. The van der Waals surface area contributed by atoms with Crippen molar-refractivity contribution in [1.82, 2.24) is 14.5 Å². The van der Waals surface area contributed by atoms with Crippen LogP contribution in [0.2, 0.25) is 0 Å². The van der Waals surface area contributed by atoms with Gasteiger partial charge < -0.3 is 10.2 Å². The first kappa shape index (κ1) is 22.8. The van der Waals surface area contributed by atoms with Crippen molar-refractivity contribution in [3.63, 3.8) is 0 Å². The Balaban J connectivity index is 1.35. The van der Waals surface area contributed by atoms with E-state index in [2.05, 4.69) is 14.7 Å². The van der Waals surface area contributed by atoms with Gasteiger partial charge in [0.05, 0.1) is 15.9 Å². The normalized spacial score (nSPS) is 15.1. The number of carbonyl (C=O) groups excluding carboxylic acids is 1. The van der Waals surface area contributed by atoms with Crippen molar-refractivity contribution in [2.45, 2.75) is 24.7 Å². The van der Waals surface area contributed by atoms with Crippen molar-refractivity contribution in [1.29, 1.82) is 0 Å². The maximum Gasteiger partial charge on any atom is 0.283 e. The lowest BCUT2D eigenvalue weighted by Gasteiger charge is -2.11. The van der Waals surface area contributed by atoms with E-state index in [-0.39, 0.29) is 10.8 Å². The Kier molecular flexibility index (Phi) is 5.86. The Bertz CT molecular complexity index is 1540. The SMILES string of the molecule is Cc1nc2cc(C(=O)Nc3ccc(S(=O)(=O)N=C4CCCN4C)cc3)ccc2n1-c1ccccc1. The summed E-state index contributed by atoms with van der Waals surface area (Å²) in [5, 5.41) is 2.82. The van der Waals surface area contributed by atoms with Crippen molar-refractivity contribution < 1.29 is 13.2 Å². The van der Waals surface area contributed by atoms with Gasteiger partial charge in [0.25, 0.3) is 15.9 Å². The highest BCUT2D eigenvalue weighted by Crippen LogP contribution is 2.23. The third-order valence-electron chi connectivity index (χ3n) is 6.07. The molecule has 5 rings (SSSR count). The molecule has 1 fully saturated rings. The van der Waals surface area contributed by atoms with Crippen LogP contribution in [-0.2, 0) is 10.0 Å². The van der Waals surface area contributed by atoms with Gasteiger partial charge in [0.2, 0.25) is 0 Å². The molecule has 0 aliphatic carbocycles. The Morgan fingerprint density at radius 1 is 1.03 bits per heavy atom. The van der Waals surface area contributed by atoms with Crippen LogP contribution < -0.4 is 5.32 Å². The average Bonchev–Trinajstić information content (AvgIpc) is 3.40. The fourth-order valence-electron chi connectivity index (χ4n) is 4.26. The van der Waals surface area contributed by atoms with Crippen LogP contribution in [0.15, 0.2) is 82.1 Å². The molecule has 178 valence electrons. The van der Waals surface area contributed by atoms with Crippen LogP contribution in [0.3, 0.4) is 0 Å².